The van der Waals surface area contributed by atoms with Crippen molar-refractivity contribution < 1.29 is 0 Å². The summed E-state index contributed by atoms with van der Waals surface area (Å²) in [6.07, 6.45) is 0. The molecule has 0 saturated heterocycles. The van der Waals surface area contributed by atoms with E-state index < -0.39 is 0 Å². The number of rotatable bonds is 4. The topological polar surface area (TPSA) is 92.3 Å². The van der Waals surface area contributed by atoms with Gasteiger partial charge in [0.25, 0.3) is 0 Å². The van der Waals surface area contributed by atoms with Crippen LogP contribution in [0, 0.1) is 25.2 Å². The minimum absolute atomic E-state index is 0.293. The molecule has 114 valence electrons. The van der Waals surface area contributed by atoms with E-state index in [1.54, 1.807) is 12.1 Å². The third kappa shape index (κ3) is 3.49. The van der Waals surface area contributed by atoms with E-state index in [-0.39, 0.29) is 0 Å². The largest absolute Gasteiger partial charge is 0.339 e. The molecule has 0 spiro atoms. The van der Waals surface area contributed by atoms with E-state index in [4.69, 9.17) is 5.26 Å². The zero-order valence-corrected chi connectivity index (χ0v) is 12.9. The molecule has 2 heterocycles. The van der Waals surface area contributed by atoms with Crippen LogP contribution in [0.1, 0.15) is 22.9 Å². The lowest BCUT2D eigenvalue weighted by atomic mass is 10.2. The first-order valence-corrected chi connectivity index (χ1v) is 7.12. The summed E-state index contributed by atoms with van der Waals surface area (Å²) in [4.78, 5) is 4.31. The van der Waals surface area contributed by atoms with Gasteiger partial charge in [-0.3, -0.25) is 0 Å². The third-order valence-electron chi connectivity index (χ3n) is 3.27. The summed E-state index contributed by atoms with van der Waals surface area (Å²) in [6.45, 7) is 4.47. The number of aromatic nitrogens is 5. The number of benzene rings is 1. The number of nitrogens with one attached hydrogen (secondary N) is 1. The fraction of sp³-hybridized carbons (Fsp3) is 0.188. The van der Waals surface area contributed by atoms with Crippen molar-refractivity contribution >= 4 is 11.5 Å². The van der Waals surface area contributed by atoms with Gasteiger partial charge in [-0.25, -0.2) is 9.67 Å². The number of nitriles is 1. The summed E-state index contributed by atoms with van der Waals surface area (Å²) in [5.74, 6) is 2.25. The van der Waals surface area contributed by atoms with Gasteiger partial charge < -0.3 is 5.32 Å². The second-order valence-electron chi connectivity index (χ2n) is 5.10. The molecule has 3 rings (SSSR count). The fourth-order valence-corrected chi connectivity index (χ4v) is 2.24. The van der Waals surface area contributed by atoms with Crippen molar-refractivity contribution in [3.63, 3.8) is 0 Å². The van der Waals surface area contributed by atoms with Crippen LogP contribution in [0.25, 0.3) is 0 Å². The molecule has 7 heteroatoms. The van der Waals surface area contributed by atoms with Gasteiger partial charge in [-0.05, 0) is 43.7 Å². The van der Waals surface area contributed by atoms with E-state index in [1.807, 2.05) is 48.9 Å². The molecule has 0 unspecified atom stereocenters. The molecule has 0 atom stereocenters. The summed E-state index contributed by atoms with van der Waals surface area (Å²) in [5, 5.41) is 24.0. The summed E-state index contributed by atoms with van der Waals surface area (Å²) >= 11 is 0. The highest BCUT2D eigenvalue weighted by atomic mass is 15.3. The summed E-state index contributed by atoms with van der Waals surface area (Å²) < 4.78 is 1.87. The maximum atomic E-state index is 8.73. The van der Waals surface area contributed by atoms with Crippen molar-refractivity contribution in [2.45, 2.75) is 20.4 Å². The Labute approximate surface area is 133 Å². The van der Waals surface area contributed by atoms with Crippen LogP contribution < -0.4 is 5.32 Å². The van der Waals surface area contributed by atoms with Gasteiger partial charge in [0.05, 0.1) is 6.54 Å². The second kappa shape index (κ2) is 6.23. The molecule has 23 heavy (non-hydrogen) atoms. The van der Waals surface area contributed by atoms with Crippen molar-refractivity contribution in [3.8, 4) is 6.07 Å². The average molecular weight is 305 g/mol. The Kier molecular flexibility index (Phi) is 3.97. The van der Waals surface area contributed by atoms with Crippen molar-refractivity contribution in [1.82, 2.24) is 25.0 Å². The van der Waals surface area contributed by atoms with Gasteiger partial charge in [0.1, 0.15) is 17.7 Å². The van der Waals surface area contributed by atoms with Crippen LogP contribution in [0.5, 0.6) is 0 Å². The van der Waals surface area contributed by atoms with Crippen LogP contribution in [0.3, 0.4) is 0 Å². The lowest BCUT2D eigenvalue weighted by Gasteiger charge is -2.08. The monoisotopic (exact) mass is 305 g/mol. The van der Waals surface area contributed by atoms with Gasteiger partial charge in [-0.1, -0.05) is 12.1 Å². The van der Waals surface area contributed by atoms with Crippen molar-refractivity contribution in [3.05, 3.63) is 59.3 Å². The number of hydrogen-bond acceptors (Lipinski definition) is 6. The third-order valence-corrected chi connectivity index (χ3v) is 3.27. The van der Waals surface area contributed by atoms with E-state index in [9.17, 15) is 0 Å². The van der Waals surface area contributed by atoms with Crippen LogP contribution in [-0.2, 0) is 6.54 Å². The Balaban J connectivity index is 1.76. The molecule has 0 aliphatic carbocycles. The number of hydrogen-bond donors (Lipinski definition) is 1. The molecule has 0 aliphatic heterocycles. The first kappa shape index (κ1) is 14.7. The number of aryl methyl sites for hydroxylation is 2. The second-order valence-corrected chi connectivity index (χ2v) is 5.10. The van der Waals surface area contributed by atoms with Crippen LogP contribution in [0.2, 0.25) is 0 Å². The van der Waals surface area contributed by atoms with Gasteiger partial charge in [0.2, 0.25) is 0 Å². The SMILES string of the molecule is Cc1nc(C)n(Cc2cccc(Nc3ccc(C#N)nn3)c2)n1. The highest BCUT2D eigenvalue weighted by molar-refractivity contribution is 5.56. The highest BCUT2D eigenvalue weighted by Gasteiger charge is 2.05. The molecular formula is C16H15N7. The molecule has 7 nitrogen and oxygen atoms in total. The quantitative estimate of drug-likeness (QED) is 0.795. The van der Waals surface area contributed by atoms with Gasteiger partial charge in [-0.2, -0.15) is 10.4 Å². The lowest BCUT2D eigenvalue weighted by molar-refractivity contribution is 0.656. The minimum Gasteiger partial charge on any atom is -0.339 e. The van der Waals surface area contributed by atoms with Crippen molar-refractivity contribution in [2.75, 3.05) is 5.32 Å². The Hall–Kier alpha value is -3.27. The smallest absolute Gasteiger partial charge is 0.163 e. The van der Waals surface area contributed by atoms with Crippen LogP contribution in [-0.4, -0.2) is 25.0 Å². The normalized spacial score (nSPS) is 10.3. The van der Waals surface area contributed by atoms with Crippen LogP contribution >= 0.6 is 0 Å². The molecule has 0 saturated carbocycles. The molecule has 3 aromatic rings. The lowest BCUT2D eigenvalue weighted by Crippen LogP contribution is -2.04. The van der Waals surface area contributed by atoms with Gasteiger partial charge >= 0.3 is 0 Å². The summed E-state index contributed by atoms with van der Waals surface area (Å²) in [6, 6.07) is 13.3. The number of anilines is 2. The molecule has 1 aromatic carbocycles. The van der Waals surface area contributed by atoms with E-state index in [0.717, 1.165) is 22.9 Å². The predicted octanol–water partition coefficient (Wildman–Crippen LogP) is 2.35. The van der Waals surface area contributed by atoms with Crippen LogP contribution in [0.4, 0.5) is 11.5 Å². The average Bonchev–Trinajstić information content (AvgIpc) is 2.86. The van der Waals surface area contributed by atoms with E-state index in [1.165, 1.54) is 0 Å². The minimum atomic E-state index is 0.293. The van der Waals surface area contributed by atoms with Crippen LogP contribution in [0.15, 0.2) is 36.4 Å². The molecular weight excluding hydrogens is 290 g/mol. The highest BCUT2D eigenvalue weighted by Crippen LogP contribution is 2.16. The predicted molar refractivity (Wildman–Crippen MR) is 85.1 cm³/mol. The first-order chi connectivity index (χ1) is 11.1. The molecule has 0 fully saturated rings. The molecule has 0 amide bonds. The Bertz CT molecular complexity index is 859. The van der Waals surface area contributed by atoms with E-state index >= 15 is 0 Å². The molecule has 0 bridgehead atoms. The first-order valence-electron chi connectivity index (χ1n) is 7.12. The Morgan fingerprint density at radius 3 is 2.70 bits per heavy atom. The zero-order valence-electron chi connectivity index (χ0n) is 12.9. The fourth-order valence-electron chi connectivity index (χ4n) is 2.24. The standard InChI is InChI=1S/C16H15N7/c1-11-18-12(2)23(22-11)10-13-4-3-5-14(8-13)19-16-7-6-15(9-17)20-21-16/h3-8H,10H2,1-2H3,(H,19,21). The van der Waals surface area contributed by atoms with Gasteiger partial charge in [0.15, 0.2) is 11.5 Å². The maximum absolute atomic E-state index is 8.73. The Morgan fingerprint density at radius 2 is 2.04 bits per heavy atom. The summed E-state index contributed by atoms with van der Waals surface area (Å²) in [7, 11) is 0. The zero-order chi connectivity index (χ0) is 16.2. The molecule has 2 aromatic heterocycles. The maximum Gasteiger partial charge on any atom is 0.163 e. The van der Waals surface area contributed by atoms with Gasteiger partial charge in [0, 0.05) is 5.69 Å². The van der Waals surface area contributed by atoms with Crippen molar-refractivity contribution in [1.29, 1.82) is 5.26 Å². The van der Waals surface area contributed by atoms with E-state index in [0.29, 0.717) is 18.1 Å². The van der Waals surface area contributed by atoms with E-state index in [2.05, 4.69) is 25.6 Å². The molecule has 1 N–H and O–H groups in total. The Morgan fingerprint density at radius 1 is 1.17 bits per heavy atom. The summed E-state index contributed by atoms with van der Waals surface area (Å²) in [5.41, 5.74) is 2.29. The van der Waals surface area contributed by atoms with Crippen molar-refractivity contribution in [2.24, 2.45) is 0 Å². The van der Waals surface area contributed by atoms with Gasteiger partial charge in [-0.15, -0.1) is 10.2 Å². The molecule has 0 radical (unpaired) electrons. The number of nitrogens with zero attached hydrogens (tertiary/aromatic N) is 6. The molecule has 0 aliphatic rings.